The number of nitrogens with zero attached hydrogens (tertiary/aromatic N) is 3. The number of sulfonamides is 1. The number of rotatable bonds is 8. The van der Waals surface area contributed by atoms with Gasteiger partial charge in [0.2, 0.25) is 21.8 Å². The van der Waals surface area contributed by atoms with Crippen LogP contribution in [0.5, 0.6) is 0 Å². The molecule has 188 valence electrons. The van der Waals surface area contributed by atoms with Crippen LogP contribution in [0, 0.1) is 0 Å². The molecule has 0 spiro atoms. The third kappa shape index (κ3) is 5.93. The standard InChI is InChI=1S/C27H35N3O4S/c1-2-29(21-22-10-6-5-7-11-22)35(33,34)24-12-13-25-23(20-24)16-19-30(25)27(32)15-14-26(31)28-17-8-3-4-9-18-28/h5-7,10-13,20H,2-4,8-9,14-19,21H2,1H3. The maximum absolute atomic E-state index is 13.3. The van der Waals surface area contributed by atoms with Crippen LogP contribution in [0.2, 0.25) is 0 Å². The highest BCUT2D eigenvalue weighted by molar-refractivity contribution is 7.89. The molecule has 0 aliphatic carbocycles. The normalized spacial score (nSPS) is 16.3. The molecular formula is C27H35N3O4S. The highest BCUT2D eigenvalue weighted by atomic mass is 32.2. The molecule has 0 aromatic heterocycles. The minimum Gasteiger partial charge on any atom is -0.343 e. The summed E-state index contributed by atoms with van der Waals surface area (Å²) in [6.45, 7) is 4.60. The quantitative estimate of drug-likeness (QED) is 0.553. The minimum atomic E-state index is -3.67. The maximum atomic E-state index is 13.3. The molecule has 2 aliphatic heterocycles. The molecule has 35 heavy (non-hydrogen) atoms. The van der Waals surface area contributed by atoms with Crippen molar-refractivity contribution >= 4 is 27.5 Å². The van der Waals surface area contributed by atoms with Gasteiger partial charge in [0.1, 0.15) is 0 Å². The summed E-state index contributed by atoms with van der Waals surface area (Å²) in [5.74, 6) is -0.0269. The van der Waals surface area contributed by atoms with E-state index in [4.69, 9.17) is 0 Å². The second-order valence-electron chi connectivity index (χ2n) is 9.30. The van der Waals surface area contributed by atoms with E-state index in [1.54, 1.807) is 23.1 Å². The number of carbonyl (C=O) groups excluding carboxylic acids is 2. The zero-order valence-corrected chi connectivity index (χ0v) is 21.3. The van der Waals surface area contributed by atoms with Gasteiger partial charge in [0.25, 0.3) is 0 Å². The molecule has 0 N–H and O–H groups in total. The highest BCUT2D eigenvalue weighted by Gasteiger charge is 2.29. The van der Waals surface area contributed by atoms with Crippen molar-refractivity contribution in [3.63, 3.8) is 0 Å². The van der Waals surface area contributed by atoms with Crippen molar-refractivity contribution in [1.29, 1.82) is 0 Å². The van der Waals surface area contributed by atoms with E-state index in [1.165, 1.54) is 4.31 Å². The van der Waals surface area contributed by atoms with Crippen molar-refractivity contribution in [2.24, 2.45) is 0 Å². The van der Waals surface area contributed by atoms with Crippen LogP contribution >= 0.6 is 0 Å². The first kappa shape index (κ1) is 25.4. The Kier molecular flexibility index (Phi) is 8.23. The summed E-state index contributed by atoms with van der Waals surface area (Å²) in [6, 6.07) is 14.6. The topological polar surface area (TPSA) is 78.0 Å². The molecule has 0 atom stereocenters. The molecule has 0 bridgehead atoms. The number of hydrogen-bond donors (Lipinski definition) is 0. The van der Waals surface area contributed by atoms with E-state index in [1.807, 2.05) is 42.2 Å². The summed E-state index contributed by atoms with van der Waals surface area (Å²) in [4.78, 5) is 29.3. The zero-order chi connectivity index (χ0) is 24.8. The summed E-state index contributed by atoms with van der Waals surface area (Å²) in [5, 5.41) is 0. The average Bonchev–Trinajstić information content (AvgIpc) is 3.10. The van der Waals surface area contributed by atoms with Crippen LogP contribution in [0.25, 0.3) is 0 Å². The fourth-order valence-electron chi connectivity index (χ4n) is 4.93. The number of likely N-dealkylation sites (tertiary alicyclic amines) is 1. The number of fused-ring (bicyclic) bond motifs is 1. The Balaban J connectivity index is 1.42. The Morgan fingerprint density at radius 2 is 1.57 bits per heavy atom. The number of carbonyl (C=O) groups is 2. The Hall–Kier alpha value is -2.71. The first-order chi connectivity index (χ1) is 16.9. The van der Waals surface area contributed by atoms with Crippen molar-refractivity contribution in [2.75, 3.05) is 31.1 Å². The van der Waals surface area contributed by atoms with Gasteiger partial charge in [-0.05, 0) is 48.6 Å². The molecule has 0 radical (unpaired) electrons. The Labute approximate surface area is 208 Å². The number of hydrogen-bond acceptors (Lipinski definition) is 4. The molecule has 0 unspecified atom stereocenters. The van der Waals surface area contributed by atoms with Gasteiger partial charge in [-0.15, -0.1) is 0 Å². The second kappa shape index (κ2) is 11.4. The number of anilines is 1. The fourth-order valence-corrected chi connectivity index (χ4v) is 6.42. The third-order valence-electron chi connectivity index (χ3n) is 6.95. The second-order valence-corrected chi connectivity index (χ2v) is 11.2. The molecule has 8 heteroatoms. The van der Waals surface area contributed by atoms with Crippen molar-refractivity contribution in [3.8, 4) is 0 Å². The lowest BCUT2D eigenvalue weighted by Crippen LogP contribution is -2.34. The molecule has 0 saturated carbocycles. The zero-order valence-electron chi connectivity index (χ0n) is 20.5. The van der Waals surface area contributed by atoms with Gasteiger partial charge in [0.05, 0.1) is 4.90 Å². The van der Waals surface area contributed by atoms with Crippen LogP contribution in [0.1, 0.15) is 56.6 Å². The Bertz CT molecular complexity index is 1140. The maximum Gasteiger partial charge on any atom is 0.243 e. The van der Waals surface area contributed by atoms with E-state index in [0.29, 0.717) is 26.1 Å². The van der Waals surface area contributed by atoms with Crippen LogP contribution in [0.3, 0.4) is 0 Å². The number of amides is 2. The van der Waals surface area contributed by atoms with Crippen molar-refractivity contribution in [3.05, 3.63) is 59.7 Å². The van der Waals surface area contributed by atoms with Gasteiger partial charge in [-0.3, -0.25) is 9.59 Å². The lowest BCUT2D eigenvalue weighted by Gasteiger charge is -2.22. The smallest absolute Gasteiger partial charge is 0.243 e. The fraction of sp³-hybridized carbons (Fsp3) is 0.481. The van der Waals surface area contributed by atoms with Crippen molar-refractivity contribution in [1.82, 2.24) is 9.21 Å². The summed E-state index contributed by atoms with van der Waals surface area (Å²) >= 11 is 0. The summed E-state index contributed by atoms with van der Waals surface area (Å²) in [6.07, 6.45) is 5.39. The average molecular weight is 498 g/mol. The predicted octanol–water partition coefficient (Wildman–Crippen LogP) is 3.97. The molecule has 1 fully saturated rings. The van der Waals surface area contributed by atoms with Gasteiger partial charge in [-0.2, -0.15) is 4.31 Å². The van der Waals surface area contributed by atoms with Gasteiger partial charge in [0.15, 0.2) is 0 Å². The lowest BCUT2D eigenvalue weighted by atomic mass is 10.2. The first-order valence-corrected chi connectivity index (χ1v) is 14.1. The predicted molar refractivity (Wildman–Crippen MR) is 136 cm³/mol. The Morgan fingerprint density at radius 1 is 0.886 bits per heavy atom. The van der Waals surface area contributed by atoms with Crippen LogP contribution in [-0.2, 0) is 32.6 Å². The molecule has 2 amide bonds. The molecular weight excluding hydrogens is 462 g/mol. The molecule has 2 aromatic carbocycles. The number of benzene rings is 2. The van der Waals surface area contributed by atoms with Gasteiger partial charge in [-0.25, -0.2) is 8.42 Å². The third-order valence-corrected chi connectivity index (χ3v) is 8.87. The van der Waals surface area contributed by atoms with Crippen LogP contribution in [0.4, 0.5) is 5.69 Å². The van der Waals surface area contributed by atoms with Gasteiger partial charge in [0, 0.05) is 51.3 Å². The SMILES string of the molecule is CCN(Cc1ccccc1)S(=O)(=O)c1ccc2c(c1)CCN2C(=O)CCC(=O)N1CCCCCC1. The lowest BCUT2D eigenvalue weighted by molar-refractivity contribution is -0.133. The largest absolute Gasteiger partial charge is 0.343 e. The van der Waals surface area contributed by atoms with Crippen LogP contribution in [-0.4, -0.2) is 55.6 Å². The molecule has 2 aromatic rings. The van der Waals surface area contributed by atoms with E-state index in [-0.39, 0.29) is 29.6 Å². The van der Waals surface area contributed by atoms with E-state index >= 15 is 0 Å². The highest BCUT2D eigenvalue weighted by Crippen LogP contribution is 2.32. The first-order valence-electron chi connectivity index (χ1n) is 12.7. The molecule has 2 heterocycles. The van der Waals surface area contributed by atoms with Gasteiger partial charge in [-0.1, -0.05) is 50.1 Å². The molecule has 4 rings (SSSR count). The van der Waals surface area contributed by atoms with Crippen LogP contribution < -0.4 is 4.90 Å². The molecule has 1 saturated heterocycles. The van der Waals surface area contributed by atoms with Gasteiger partial charge >= 0.3 is 0 Å². The van der Waals surface area contributed by atoms with Crippen molar-refractivity contribution < 1.29 is 18.0 Å². The Morgan fingerprint density at radius 3 is 2.26 bits per heavy atom. The van der Waals surface area contributed by atoms with Gasteiger partial charge < -0.3 is 9.80 Å². The molecule has 7 nitrogen and oxygen atoms in total. The van der Waals surface area contributed by atoms with E-state index < -0.39 is 10.0 Å². The van der Waals surface area contributed by atoms with E-state index in [0.717, 1.165) is 55.6 Å². The van der Waals surface area contributed by atoms with E-state index in [2.05, 4.69) is 0 Å². The summed E-state index contributed by atoms with van der Waals surface area (Å²) in [7, 11) is -3.67. The van der Waals surface area contributed by atoms with E-state index in [9.17, 15) is 18.0 Å². The monoisotopic (exact) mass is 497 g/mol. The molecule has 2 aliphatic rings. The summed E-state index contributed by atoms with van der Waals surface area (Å²) in [5.41, 5.74) is 2.54. The summed E-state index contributed by atoms with van der Waals surface area (Å²) < 4.78 is 28.1. The minimum absolute atomic E-state index is 0.0548. The van der Waals surface area contributed by atoms with Crippen LogP contribution in [0.15, 0.2) is 53.4 Å². The van der Waals surface area contributed by atoms with Crippen molar-refractivity contribution in [2.45, 2.75) is 63.3 Å².